The van der Waals surface area contributed by atoms with E-state index in [1.807, 2.05) is 6.92 Å². The first kappa shape index (κ1) is 9.15. The van der Waals surface area contributed by atoms with Crippen molar-refractivity contribution in [1.82, 2.24) is 15.3 Å². The van der Waals surface area contributed by atoms with Crippen LogP contribution in [0.2, 0.25) is 0 Å². The summed E-state index contributed by atoms with van der Waals surface area (Å²) in [6.07, 6.45) is 4.92. The molecular weight excluding hydrogens is 176 g/mol. The van der Waals surface area contributed by atoms with Crippen LogP contribution in [-0.2, 0) is 0 Å². The Morgan fingerprint density at radius 2 is 2.36 bits per heavy atom. The van der Waals surface area contributed by atoms with Crippen molar-refractivity contribution in [2.24, 2.45) is 0 Å². The third-order valence-corrected chi connectivity index (χ3v) is 2.38. The standard InChI is InChI=1S/C10H14N4/c1-7-10(11)13-6-9(14-7)8-2-4-12-5-3-8/h2,6,12H,3-5H2,1H3,(H2,11,13). The predicted molar refractivity (Wildman–Crippen MR) is 56.6 cm³/mol. The van der Waals surface area contributed by atoms with Crippen LogP contribution in [0, 0.1) is 6.92 Å². The van der Waals surface area contributed by atoms with E-state index in [0.29, 0.717) is 5.82 Å². The number of nitrogens with zero attached hydrogens (tertiary/aromatic N) is 2. The normalized spacial score (nSPS) is 16.5. The highest BCUT2D eigenvalue weighted by atomic mass is 14.9. The van der Waals surface area contributed by atoms with E-state index in [-0.39, 0.29) is 0 Å². The van der Waals surface area contributed by atoms with Gasteiger partial charge < -0.3 is 11.1 Å². The van der Waals surface area contributed by atoms with Gasteiger partial charge in [0.15, 0.2) is 0 Å². The zero-order valence-electron chi connectivity index (χ0n) is 8.25. The van der Waals surface area contributed by atoms with Crippen LogP contribution in [-0.4, -0.2) is 23.1 Å². The fraction of sp³-hybridized carbons (Fsp3) is 0.400. The first-order valence-electron chi connectivity index (χ1n) is 4.76. The van der Waals surface area contributed by atoms with Crippen LogP contribution < -0.4 is 11.1 Å². The van der Waals surface area contributed by atoms with Gasteiger partial charge in [-0.1, -0.05) is 6.08 Å². The topological polar surface area (TPSA) is 63.8 Å². The molecule has 1 aliphatic rings. The Morgan fingerprint density at radius 1 is 1.50 bits per heavy atom. The molecule has 3 N–H and O–H groups in total. The van der Waals surface area contributed by atoms with Crippen molar-refractivity contribution in [3.05, 3.63) is 23.7 Å². The lowest BCUT2D eigenvalue weighted by Gasteiger charge is -2.13. The van der Waals surface area contributed by atoms with E-state index < -0.39 is 0 Å². The molecule has 0 saturated carbocycles. The van der Waals surface area contributed by atoms with E-state index in [4.69, 9.17) is 5.73 Å². The first-order valence-corrected chi connectivity index (χ1v) is 4.76. The fourth-order valence-electron chi connectivity index (χ4n) is 1.50. The molecule has 1 aromatic rings. The van der Waals surface area contributed by atoms with Crippen molar-refractivity contribution in [3.8, 4) is 0 Å². The van der Waals surface area contributed by atoms with Gasteiger partial charge in [-0.25, -0.2) is 9.97 Å². The lowest BCUT2D eigenvalue weighted by Crippen LogP contribution is -2.20. The molecule has 0 spiro atoms. The van der Waals surface area contributed by atoms with E-state index in [0.717, 1.165) is 30.9 Å². The average molecular weight is 190 g/mol. The Balaban J connectivity index is 2.32. The molecule has 0 atom stereocenters. The molecule has 0 amide bonds. The molecule has 0 saturated heterocycles. The molecule has 14 heavy (non-hydrogen) atoms. The van der Waals surface area contributed by atoms with E-state index in [9.17, 15) is 0 Å². The maximum Gasteiger partial charge on any atom is 0.144 e. The molecule has 74 valence electrons. The summed E-state index contributed by atoms with van der Waals surface area (Å²) in [6, 6.07) is 0. The van der Waals surface area contributed by atoms with Crippen molar-refractivity contribution in [3.63, 3.8) is 0 Å². The van der Waals surface area contributed by atoms with Crippen molar-refractivity contribution in [2.45, 2.75) is 13.3 Å². The summed E-state index contributed by atoms with van der Waals surface area (Å²) in [5, 5.41) is 3.26. The van der Waals surface area contributed by atoms with E-state index in [2.05, 4.69) is 21.4 Å². The highest BCUT2D eigenvalue weighted by molar-refractivity contribution is 5.63. The lowest BCUT2D eigenvalue weighted by atomic mass is 10.1. The summed E-state index contributed by atoms with van der Waals surface area (Å²) < 4.78 is 0. The first-order chi connectivity index (χ1) is 6.77. The van der Waals surface area contributed by atoms with Gasteiger partial charge in [-0.3, -0.25) is 0 Å². The van der Waals surface area contributed by atoms with Gasteiger partial charge in [0, 0.05) is 6.54 Å². The SMILES string of the molecule is Cc1nc(C2=CCNCC2)cnc1N. The maximum atomic E-state index is 5.61. The Kier molecular flexibility index (Phi) is 2.45. The van der Waals surface area contributed by atoms with E-state index in [1.165, 1.54) is 5.57 Å². The second-order valence-corrected chi connectivity index (χ2v) is 3.41. The molecule has 0 aliphatic carbocycles. The molecule has 0 aromatic carbocycles. The summed E-state index contributed by atoms with van der Waals surface area (Å²) in [4.78, 5) is 8.52. The van der Waals surface area contributed by atoms with E-state index in [1.54, 1.807) is 6.20 Å². The summed E-state index contributed by atoms with van der Waals surface area (Å²) in [5.41, 5.74) is 8.64. The number of aryl methyl sites for hydroxylation is 1. The number of rotatable bonds is 1. The summed E-state index contributed by atoms with van der Waals surface area (Å²) >= 11 is 0. The van der Waals surface area contributed by atoms with Gasteiger partial charge >= 0.3 is 0 Å². The lowest BCUT2D eigenvalue weighted by molar-refractivity contribution is 0.736. The predicted octanol–water partition coefficient (Wildman–Crippen LogP) is 0.744. The van der Waals surface area contributed by atoms with Gasteiger partial charge in [0.1, 0.15) is 5.82 Å². The third-order valence-electron chi connectivity index (χ3n) is 2.38. The Hall–Kier alpha value is -1.42. The quantitative estimate of drug-likeness (QED) is 0.685. The fourth-order valence-corrected chi connectivity index (χ4v) is 1.50. The highest BCUT2D eigenvalue weighted by Gasteiger charge is 2.08. The minimum absolute atomic E-state index is 0.517. The molecule has 0 unspecified atom stereocenters. The van der Waals surface area contributed by atoms with Crippen molar-refractivity contribution < 1.29 is 0 Å². The molecule has 4 nitrogen and oxygen atoms in total. The molecular formula is C10H14N4. The van der Waals surface area contributed by atoms with Crippen molar-refractivity contribution >= 4 is 11.4 Å². The molecule has 0 fully saturated rings. The molecule has 0 bridgehead atoms. The Bertz CT molecular complexity index is 370. The van der Waals surface area contributed by atoms with Gasteiger partial charge in [-0.05, 0) is 25.5 Å². The van der Waals surface area contributed by atoms with Crippen LogP contribution in [0.4, 0.5) is 5.82 Å². The van der Waals surface area contributed by atoms with Crippen LogP contribution in [0.3, 0.4) is 0 Å². The van der Waals surface area contributed by atoms with Gasteiger partial charge in [-0.15, -0.1) is 0 Å². The number of nitrogen functional groups attached to an aromatic ring is 1. The number of hydrogen-bond acceptors (Lipinski definition) is 4. The van der Waals surface area contributed by atoms with E-state index >= 15 is 0 Å². The van der Waals surface area contributed by atoms with Gasteiger partial charge in [0.25, 0.3) is 0 Å². The second kappa shape index (κ2) is 3.75. The molecule has 2 rings (SSSR count). The van der Waals surface area contributed by atoms with Crippen molar-refractivity contribution in [1.29, 1.82) is 0 Å². The summed E-state index contributed by atoms with van der Waals surface area (Å²) in [6.45, 7) is 3.81. The number of nitrogens with one attached hydrogen (secondary N) is 1. The number of aromatic nitrogens is 2. The average Bonchev–Trinajstić information content (AvgIpc) is 2.23. The van der Waals surface area contributed by atoms with Crippen LogP contribution in [0.25, 0.3) is 5.57 Å². The monoisotopic (exact) mass is 190 g/mol. The Morgan fingerprint density at radius 3 is 3.00 bits per heavy atom. The third kappa shape index (κ3) is 1.75. The largest absolute Gasteiger partial charge is 0.382 e. The molecule has 0 radical (unpaired) electrons. The maximum absolute atomic E-state index is 5.61. The van der Waals surface area contributed by atoms with Gasteiger partial charge in [-0.2, -0.15) is 0 Å². The minimum Gasteiger partial charge on any atom is -0.382 e. The number of hydrogen-bond donors (Lipinski definition) is 2. The number of nitrogens with two attached hydrogens (primary N) is 1. The van der Waals surface area contributed by atoms with Crippen LogP contribution >= 0.6 is 0 Å². The highest BCUT2D eigenvalue weighted by Crippen LogP contribution is 2.18. The van der Waals surface area contributed by atoms with Gasteiger partial charge in [0.2, 0.25) is 0 Å². The zero-order valence-corrected chi connectivity index (χ0v) is 8.25. The molecule has 4 heteroatoms. The molecule has 1 aromatic heterocycles. The van der Waals surface area contributed by atoms with Crippen LogP contribution in [0.1, 0.15) is 17.8 Å². The van der Waals surface area contributed by atoms with Gasteiger partial charge in [0.05, 0.1) is 17.6 Å². The molecule has 1 aliphatic heterocycles. The Labute approximate surface area is 83.3 Å². The van der Waals surface area contributed by atoms with Crippen molar-refractivity contribution in [2.75, 3.05) is 18.8 Å². The number of anilines is 1. The van der Waals surface area contributed by atoms with Crippen LogP contribution in [0.15, 0.2) is 12.3 Å². The smallest absolute Gasteiger partial charge is 0.144 e. The zero-order chi connectivity index (χ0) is 9.97. The molecule has 2 heterocycles. The summed E-state index contributed by atoms with van der Waals surface area (Å²) in [7, 11) is 0. The van der Waals surface area contributed by atoms with Crippen LogP contribution in [0.5, 0.6) is 0 Å². The second-order valence-electron chi connectivity index (χ2n) is 3.41. The summed E-state index contributed by atoms with van der Waals surface area (Å²) in [5.74, 6) is 0.517. The minimum atomic E-state index is 0.517.